The number of thiophene rings is 1. The van der Waals surface area contributed by atoms with Crippen LogP contribution >= 0.6 is 23.1 Å². The number of hydrogen-bond donors (Lipinski definition) is 1. The minimum Gasteiger partial charge on any atom is -0.351 e. The molecule has 0 atom stereocenters. The van der Waals surface area contributed by atoms with Crippen LogP contribution in [-0.4, -0.2) is 32.2 Å². The van der Waals surface area contributed by atoms with Gasteiger partial charge >= 0.3 is 0 Å². The third-order valence-electron chi connectivity index (χ3n) is 4.20. The number of nitrogens with one attached hydrogen (secondary N) is 1. The van der Waals surface area contributed by atoms with Gasteiger partial charge in [0.2, 0.25) is 5.91 Å². The van der Waals surface area contributed by atoms with Crippen molar-refractivity contribution in [3.8, 4) is 11.4 Å². The Morgan fingerprint density at radius 3 is 2.68 bits per heavy atom. The van der Waals surface area contributed by atoms with E-state index in [9.17, 15) is 9.59 Å². The molecule has 0 bridgehead atoms. The quantitative estimate of drug-likeness (QED) is 0.446. The van der Waals surface area contributed by atoms with E-state index in [2.05, 4.69) is 28.5 Å². The van der Waals surface area contributed by atoms with Crippen LogP contribution in [-0.2, 0) is 17.9 Å². The summed E-state index contributed by atoms with van der Waals surface area (Å²) in [4.78, 5) is 25.2. The van der Waals surface area contributed by atoms with Crippen molar-refractivity contribution in [2.45, 2.75) is 39.0 Å². The number of amides is 1. The van der Waals surface area contributed by atoms with Crippen LogP contribution < -0.4 is 5.32 Å². The van der Waals surface area contributed by atoms with E-state index < -0.39 is 0 Å². The van der Waals surface area contributed by atoms with Crippen molar-refractivity contribution in [2.75, 3.05) is 5.75 Å². The number of thioether (sulfide) groups is 1. The monoisotopic (exact) mass is 414 g/mol. The summed E-state index contributed by atoms with van der Waals surface area (Å²) >= 11 is 2.81. The van der Waals surface area contributed by atoms with Gasteiger partial charge < -0.3 is 9.88 Å². The first-order chi connectivity index (χ1) is 13.5. The van der Waals surface area contributed by atoms with Gasteiger partial charge in [-0.2, -0.15) is 0 Å². The first-order valence-corrected chi connectivity index (χ1v) is 10.8. The van der Waals surface area contributed by atoms with Gasteiger partial charge in [-0.3, -0.25) is 9.59 Å². The lowest BCUT2D eigenvalue weighted by Gasteiger charge is -2.08. The summed E-state index contributed by atoms with van der Waals surface area (Å²) in [5.74, 6) is 1.09. The molecule has 8 heteroatoms. The standard InChI is InChI=1S/C20H22N4O2S2/c1-4-24-19(16-8-6-5-7-13(16)2)22-23-20(24)27-12-17(26)18-10-9-15(28-18)11-21-14(3)25/h5-10H,4,11-12H2,1-3H3,(H,21,25). The first-order valence-electron chi connectivity index (χ1n) is 8.98. The molecule has 0 aliphatic heterocycles. The molecule has 0 spiro atoms. The Balaban J connectivity index is 1.69. The van der Waals surface area contributed by atoms with Crippen molar-refractivity contribution in [1.29, 1.82) is 0 Å². The summed E-state index contributed by atoms with van der Waals surface area (Å²) in [6, 6.07) is 11.8. The SMILES string of the molecule is CCn1c(SCC(=O)c2ccc(CNC(C)=O)s2)nnc1-c1ccccc1C. The third kappa shape index (κ3) is 4.69. The number of aromatic nitrogens is 3. The normalized spacial score (nSPS) is 10.8. The summed E-state index contributed by atoms with van der Waals surface area (Å²) in [6.07, 6.45) is 0. The molecular formula is C20H22N4O2S2. The first kappa shape index (κ1) is 20.3. The van der Waals surface area contributed by atoms with Gasteiger partial charge in [0.15, 0.2) is 16.8 Å². The summed E-state index contributed by atoms with van der Waals surface area (Å²) < 4.78 is 2.04. The minimum atomic E-state index is -0.0832. The second-order valence-electron chi connectivity index (χ2n) is 6.25. The molecule has 0 aliphatic rings. The number of hydrogen-bond acceptors (Lipinski definition) is 6. The van der Waals surface area contributed by atoms with Gasteiger partial charge in [0.1, 0.15) is 0 Å². The lowest BCUT2D eigenvalue weighted by molar-refractivity contribution is -0.119. The molecule has 0 aliphatic carbocycles. The molecule has 3 aromatic rings. The van der Waals surface area contributed by atoms with E-state index in [4.69, 9.17) is 0 Å². The Hall–Kier alpha value is -2.45. The van der Waals surface area contributed by atoms with Crippen LogP contribution in [0.5, 0.6) is 0 Å². The summed E-state index contributed by atoms with van der Waals surface area (Å²) in [5, 5.41) is 12.1. The summed E-state index contributed by atoms with van der Waals surface area (Å²) in [7, 11) is 0. The van der Waals surface area contributed by atoms with E-state index in [1.807, 2.05) is 41.8 Å². The maximum atomic E-state index is 12.5. The molecule has 0 fully saturated rings. The van der Waals surface area contributed by atoms with Crippen molar-refractivity contribution in [2.24, 2.45) is 0 Å². The number of ketones is 1. The number of nitrogens with zero attached hydrogens (tertiary/aromatic N) is 3. The zero-order valence-electron chi connectivity index (χ0n) is 16.1. The fraction of sp³-hybridized carbons (Fsp3) is 0.300. The predicted octanol–water partition coefficient (Wildman–Crippen LogP) is 3.95. The predicted molar refractivity (Wildman–Crippen MR) is 113 cm³/mol. The third-order valence-corrected chi connectivity index (χ3v) is 6.29. The summed E-state index contributed by atoms with van der Waals surface area (Å²) in [6.45, 7) is 6.75. The van der Waals surface area contributed by atoms with Gasteiger partial charge in [-0.1, -0.05) is 36.0 Å². The molecular weight excluding hydrogens is 392 g/mol. The minimum absolute atomic E-state index is 0.0483. The highest BCUT2D eigenvalue weighted by atomic mass is 32.2. The highest BCUT2D eigenvalue weighted by Gasteiger charge is 2.17. The molecule has 1 N–H and O–H groups in total. The Labute approximate surface area is 172 Å². The molecule has 3 rings (SSSR count). The second-order valence-corrected chi connectivity index (χ2v) is 8.36. The number of carbonyl (C=O) groups is 2. The van der Waals surface area contributed by atoms with Crippen molar-refractivity contribution < 1.29 is 9.59 Å². The van der Waals surface area contributed by atoms with Crippen molar-refractivity contribution in [3.05, 3.63) is 51.7 Å². The number of rotatable bonds is 8. The van der Waals surface area contributed by atoms with E-state index in [0.717, 1.165) is 33.5 Å². The van der Waals surface area contributed by atoms with Gasteiger partial charge in [-0.05, 0) is 31.5 Å². The molecule has 28 heavy (non-hydrogen) atoms. The molecule has 0 saturated carbocycles. The highest BCUT2D eigenvalue weighted by Crippen LogP contribution is 2.27. The second kappa shape index (κ2) is 9.16. The van der Waals surface area contributed by atoms with E-state index in [-0.39, 0.29) is 11.7 Å². The molecule has 0 radical (unpaired) electrons. The molecule has 146 valence electrons. The van der Waals surface area contributed by atoms with E-state index in [0.29, 0.717) is 17.2 Å². The maximum Gasteiger partial charge on any atom is 0.217 e. The van der Waals surface area contributed by atoms with Crippen molar-refractivity contribution in [3.63, 3.8) is 0 Å². The fourth-order valence-electron chi connectivity index (χ4n) is 2.74. The van der Waals surface area contributed by atoms with Crippen LogP contribution in [0.2, 0.25) is 0 Å². The molecule has 2 aromatic heterocycles. The zero-order chi connectivity index (χ0) is 20.1. The highest BCUT2D eigenvalue weighted by molar-refractivity contribution is 7.99. The number of Topliss-reactive ketones (excluding diaryl/α,β-unsaturated/α-hetero) is 1. The topological polar surface area (TPSA) is 76.9 Å². The van der Waals surface area contributed by atoms with Crippen LogP contribution in [0.15, 0.2) is 41.6 Å². The largest absolute Gasteiger partial charge is 0.351 e. The Bertz CT molecular complexity index is 994. The van der Waals surface area contributed by atoms with E-state index in [1.165, 1.54) is 30.0 Å². The lowest BCUT2D eigenvalue weighted by Crippen LogP contribution is -2.18. The number of carbonyl (C=O) groups excluding carboxylic acids is 2. The molecule has 0 unspecified atom stereocenters. The maximum absolute atomic E-state index is 12.5. The number of aryl methyl sites for hydroxylation is 1. The molecule has 1 aromatic carbocycles. The average molecular weight is 415 g/mol. The van der Waals surface area contributed by atoms with Gasteiger partial charge in [0, 0.05) is 23.9 Å². The Morgan fingerprint density at radius 2 is 1.96 bits per heavy atom. The van der Waals surface area contributed by atoms with E-state index in [1.54, 1.807) is 0 Å². The van der Waals surface area contributed by atoms with Crippen LogP contribution in [0.25, 0.3) is 11.4 Å². The van der Waals surface area contributed by atoms with Gasteiger partial charge in [0.05, 0.1) is 17.2 Å². The molecule has 2 heterocycles. The van der Waals surface area contributed by atoms with Crippen LogP contribution in [0.1, 0.15) is 34.0 Å². The van der Waals surface area contributed by atoms with Gasteiger partial charge in [-0.25, -0.2) is 0 Å². The van der Waals surface area contributed by atoms with Crippen molar-refractivity contribution >= 4 is 34.8 Å². The van der Waals surface area contributed by atoms with E-state index >= 15 is 0 Å². The molecule has 0 saturated heterocycles. The Kier molecular flexibility index (Phi) is 6.64. The molecule has 6 nitrogen and oxygen atoms in total. The smallest absolute Gasteiger partial charge is 0.217 e. The van der Waals surface area contributed by atoms with Crippen LogP contribution in [0.4, 0.5) is 0 Å². The van der Waals surface area contributed by atoms with Crippen molar-refractivity contribution in [1.82, 2.24) is 20.1 Å². The zero-order valence-corrected chi connectivity index (χ0v) is 17.7. The average Bonchev–Trinajstić information content (AvgIpc) is 3.31. The fourth-order valence-corrected chi connectivity index (χ4v) is 4.60. The summed E-state index contributed by atoms with van der Waals surface area (Å²) in [5.41, 5.74) is 2.19. The lowest BCUT2D eigenvalue weighted by atomic mass is 10.1. The van der Waals surface area contributed by atoms with Crippen LogP contribution in [0.3, 0.4) is 0 Å². The molecule has 1 amide bonds. The van der Waals surface area contributed by atoms with Gasteiger partial charge in [-0.15, -0.1) is 21.5 Å². The Morgan fingerprint density at radius 1 is 1.18 bits per heavy atom. The van der Waals surface area contributed by atoms with Crippen LogP contribution in [0, 0.1) is 6.92 Å². The number of benzene rings is 1. The van der Waals surface area contributed by atoms with Gasteiger partial charge in [0.25, 0.3) is 0 Å².